The van der Waals surface area contributed by atoms with Crippen molar-refractivity contribution in [1.29, 1.82) is 0 Å². The predicted octanol–water partition coefficient (Wildman–Crippen LogP) is 3.21. The molecule has 161 valence electrons. The number of ketones is 1. The first-order valence-corrected chi connectivity index (χ1v) is 8.58. The van der Waals surface area contributed by atoms with E-state index in [2.05, 4.69) is 26.9 Å². The van der Waals surface area contributed by atoms with E-state index in [4.69, 9.17) is 18.7 Å². The molecule has 0 bridgehead atoms. The summed E-state index contributed by atoms with van der Waals surface area (Å²) in [5, 5.41) is 9.99. The Bertz CT molecular complexity index is 556. The molecular formula is C22H24FeO7+. The summed E-state index contributed by atoms with van der Waals surface area (Å²) in [5.74, 6) is -0.181. The molecule has 0 fully saturated rings. The Morgan fingerprint density at radius 3 is 2.20 bits per heavy atom. The molecule has 1 rings (SSSR count). The third kappa shape index (κ3) is 20.8. The number of ether oxygens (including phenoxy) is 1. The van der Waals surface area contributed by atoms with Crippen molar-refractivity contribution in [2.24, 2.45) is 0 Å². The summed E-state index contributed by atoms with van der Waals surface area (Å²) < 4.78 is 27.3. The van der Waals surface area contributed by atoms with E-state index in [0.29, 0.717) is 6.42 Å². The van der Waals surface area contributed by atoms with Gasteiger partial charge in [-0.3, -0.25) is 4.79 Å². The molecule has 0 saturated heterocycles. The Kier molecular flexibility index (Phi) is 34.6. The topological polar surface area (TPSA) is 123 Å². The molecule has 0 amide bonds. The molecule has 0 aliphatic rings. The van der Waals surface area contributed by atoms with Crippen molar-refractivity contribution in [3.63, 3.8) is 0 Å². The third-order valence-electron chi connectivity index (χ3n) is 3.48. The van der Waals surface area contributed by atoms with Gasteiger partial charge in [0.1, 0.15) is 5.78 Å². The Hall–Kier alpha value is -1.94. The van der Waals surface area contributed by atoms with Gasteiger partial charge >= 0.3 is 51.0 Å². The van der Waals surface area contributed by atoms with Gasteiger partial charge in [-0.05, 0) is 24.8 Å². The van der Waals surface area contributed by atoms with E-state index < -0.39 is 6.10 Å². The first-order chi connectivity index (χ1) is 14.2. The molecule has 0 unspecified atom stereocenters. The van der Waals surface area contributed by atoms with Crippen LogP contribution in [0.2, 0.25) is 0 Å². The van der Waals surface area contributed by atoms with Gasteiger partial charge in [0.15, 0.2) is 0 Å². The van der Waals surface area contributed by atoms with E-state index in [0.717, 1.165) is 24.8 Å². The van der Waals surface area contributed by atoms with E-state index in [1.807, 2.05) is 18.2 Å². The summed E-state index contributed by atoms with van der Waals surface area (Å²) in [5.41, 5.74) is 0.717. The second-order valence-electron chi connectivity index (χ2n) is 5.38. The van der Waals surface area contributed by atoms with E-state index >= 15 is 0 Å². The van der Waals surface area contributed by atoms with Crippen LogP contribution in [0.3, 0.4) is 0 Å². The van der Waals surface area contributed by atoms with Gasteiger partial charge in [0, 0.05) is 19.3 Å². The van der Waals surface area contributed by atoms with Crippen LogP contribution in [0.15, 0.2) is 30.3 Å². The summed E-state index contributed by atoms with van der Waals surface area (Å²) in [6.45, 7) is 17.0. The first kappa shape index (κ1) is 35.5. The fourth-order valence-electron chi connectivity index (χ4n) is 2.19. The van der Waals surface area contributed by atoms with E-state index in [9.17, 15) is 14.7 Å². The van der Waals surface area contributed by atoms with Crippen LogP contribution >= 0.6 is 0 Å². The standard InChI is InChI=1S/C19H24O4.3CO.Fe/c1-2-3-5-12-18(23-15-20)13-8-11-17(21)14-19(22)16-9-6-4-7-10-16;3*1-2;/h4,6-11,13,18-19,22H,2-3,5,12,14H2,1H3;;;;/q-1;;;;+2/t18-,19-;;;;/m1..../s1. The number of Topliss-reactive ketones (excluding diaryl/α,β-unsaturated/α-hetero) is 1. The summed E-state index contributed by atoms with van der Waals surface area (Å²) in [6, 6.07) is 9.06. The molecule has 0 spiro atoms. The first-order valence-electron chi connectivity index (χ1n) is 8.58. The number of rotatable bonds is 13. The molecule has 3 radical (unpaired) electrons. The van der Waals surface area contributed by atoms with Crippen molar-refractivity contribution in [3.8, 4) is 0 Å². The van der Waals surface area contributed by atoms with Gasteiger partial charge in [-0.15, -0.1) is 0 Å². The van der Waals surface area contributed by atoms with Crippen molar-refractivity contribution in [3.05, 3.63) is 75.1 Å². The molecule has 1 aromatic carbocycles. The Balaban J connectivity index is -0.000000441. The molecule has 1 N–H and O–H groups in total. The zero-order valence-corrected chi connectivity index (χ0v) is 17.7. The number of aliphatic hydroxyl groups is 1. The van der Waals surface area contributed by atoms with Crippen molar-refractivity contribution in [2.45, 2.75) is 51.2 Å². The van der Waals surface area contributed by atoms with Gasteiger partial charge in [0.25, 0.3) is 0 Å². The maximum Gasteiger partial charge on any atom is 2.00 e. The van der Waals surface area contributed by atoms with Crippen LogP contribution in [0.25, 0.3) is 0 Å². The van der Waals surface area contributed by atoms with Crippen LogP contribution in [-0.2, 0) is 45.4 Å². The van der Waals surface area contributed by atoms with Gasteiger partial charge < -0.3 is 14.6 Å². The average molecular weight is 456 g/mol. The number of carbonyl (C=O) groups excluding carboxylic acids is 2. The summed E-state index contributed by atoms with van der Waals surface area (Å²) >= 11 is 0. The maximum atomic E-state index is 11.8. The van der Waals surface area contributed by atoms with Crippen LogP contribution in [-0.4, -0.2) is 23.5 Å². The zero-order chi connectivity index (χ0) is 22.9. The number of unbranched alkanes of at least 4 members (excludes halogenated alkanes) is 2. The SMILES string of the molecule is CCCCC[C@H]([CH][CH][CH]C(=O)C[C@@H](O)c1ccccc1)O[C-]=O.[C-]#[O+].[C-]#[O+].[C-]#[O+].[Fe+2]. The monoisotopic (exact) mass is 456 g/mol. The van der Waals surface area contributed by atoms with E-state index in [1.54, 1.807) is 25.0 Å². The molecule has 0 saturated carbocycles. The number of benzene rings is 1. The molecule has 0 aliphatic heterocycles. The summed E-state index contributed by atoms with van der Waals surface area (Å²) in [6.07, 6.45) is 7.32. The molecule has 0 aliphatic carbocycles. The second kappa shape index (κ2) is 29.3. The fourth-order valence-corrected chi connectivity index (χ4v) is 2.19. The molecule has 1 aromatic rings. The van der Waals surface area contributed by atoms with Crippen LogP contribution in [0, 0.1) is 39.2 Å². The number of hydrogen-bond acceptors (Lipinski definition) is 4. The largest absolute Gasteiger partial charge is 2.00 e. The van der Waals surface area contributed by atoms with E-state index in [1.165, 1.54) is 12.9 Å². The molecule has 8 heteroatoms. The molecule has 0 heterocycles. The van der Waals surface area contributed by atoms with E-state index in [-0.39, 0.29) is 35.4 Å². The van der Waals surface area contributed by atoms with Crippen LogP contribution < -0.4 is 0 Å². The van der Waals surface area contributed by atoms with Gasteiger partial charge in [-0.1, -0.05) is 56.6 Å². The minimum atomic E-state index is -0.812. The van der Waals surface area contributed by atoms with Crippen molar-refractivity contribution in [1.82, 2.24) is 0 Å². The number of hydrogen-bond donors (Lipinski definition) is 1. The maximum absolute atomic E-state index is 11.8. The smallest absolute Gasteiger partial charge is 2.00 e. The van der Waals surface area contributed by atoms with Crippen LogP contribution in [0.4, 0.5) is 0 Å². The Morgan fingerprint density at radius 1 is 1.13 bits per heavy atom. The van der Waals surface area contributed by atoms with Crippen LogP contribution in [0.1, 0.15) is 50.7 Å². The van der Waals surface area contributed by atoms with Crippen molar-refractivity contribution >= 4 is 12.3 Å². The predicted molar refractivity (Wildman–Crippen MR) is 100 cm³/mol. The quantitative estimate of drug-likeness (QED) is 0.212. The number of carbonyl (C=O) groups is 1. The molecule has 7 nitrogen and oxygen atoms in total. The van der Waals surface area contributed by atoms with Crippen LogP contribution in [0.5, 0.6) is 0 Å². The Labute approximate surface area is 189 Å². The minimum absolute atomic E-state index is 0. The third-order valence-corrected chi connectivity index (χ3v) is 3.48. The Morgan fingerprint density at radius 2 is 1.70 bits per heavy atom. The summed E-state index contributed by atoms with van der Waals surface area (Å²) in [7, 11) is 0. The van der Waals surface area contributed by atoms with Gasteiger partial charge in [0.2, 0.25) is 0 Å². The molecular weight excluding hydrogens is 432 g/mol. The minimum Gasteiger partial charge on any atom is 2.00 e. The molecule has 0 aromatic heterocycles. The summed E-state index contributed by atoms with van der Waals surface area (Å²) in [4.78, 5) is 22.2. The molecule has 2 atom stereocenters. The molecule has 30 heavy (non-hydrogen) atoms. The number of aliphatic hydroxyl groups excluding tert-OH is 1. The van der Waals surface area contributed by atoms with Gasteiger partial charge in [-0.25, -0.2) is 0 Å². The normalized spacial score (nSPS) is 10.4. The second-order valence-corrected chi connectivity index (χ2v) is 5.38. The average Bonchev–Trinajstić information content (AvgIpc) is 2.78. The van der Waals surface area contributed by atoms with Gasteiger partial charge in [-0.2, -0.15) is 0 Å². The van der Waals surface area contributed by atoms with Crippen molar-refractivity contribution in [2.75, 3.05) is 0 Å². The fraction of sp³-hybridized carbons (Fsp3) is 0.364. The zero-order valence-electron chi connectivity index (χ0n) is 16.6. The van der Waals surface area contributed by atoms with Crippen molar-refractivity contribution < 1.29 is 50.5 Å². The van der Waals surface area contributed by atoms with Gasteiger partial charge in [0.05, 0.1) is 12.2 Å².